The fraction of sp³-hybridized carbons (Fsp3) is 0.600. The molecule has 0 bridgehead atoms. The number of carbonyl (C=O) groups excluding carboxylic acids is 2. The van der Waals surface area contributed by atoms with Gasteiger partial charge in [-0.25, -0.2) is 0 Å². The minimum Gasteiger partial charge on any atom is -0.352 e. The monoisotopic (exact) mass is 375 g/mol. The van der Waals surface area contributed by atoms with Crippen LogP contribution in [-0.4, -0.2) is 55.2 Å². The zero-order valence-electron chi connectivity index (χ0n) is 15.5. The van der Waals surface area contributed by atoms with Gasteiger partial charge in [-0.05, 0) is 25.0 Å². The second-order valence-corrected chi connectivity index (χ2v) is 8.33. The Morgan fingerprint density at radius 2 is 1.92 bits per heavy atom. The molecule has 1 aromatic rings. The molecular weight excluding hydrogens is 346 g/mol. The van der Waals surface area contributed by atoms with E-state index in [1.165, 1.54) is 31.0 Å². The predicted octanol–water partition coefficient (Wildman–Crippen LogP) is 2.52. The van der Waals surface area contributed by atoms with E-state index in [0.29, 0.717) is 29.8 Å². The van der Waals surface area contributed by atoms with E-state index >= 15 is 0 Å². The Morgan fingerprint density at radius 3 is 2.62 bits per heavy atom. The lowest BCUT2D eigenvalue weighted by atomic mass is 9.94. The maximum Gasteiger partial charge on any atom is 0.252 e. The summed E-state index contributed by atoms with van der Waals surface area (Å²) in [5.41, 5.74) is 0.665. The molecule has 1 aliphatic heterocycles. The largest absolute Gasteiger partial charge is 0.352 e. The molecule has 1 heterocycles. The zero-order valence-corrected chi connectivity index (χ0v) is 16.3. The summed E-state index contributed by atoms with van der Waals surface area (Å²) in [5.74, 6) is 1.01. The third-order valence-electron chi connectivity index (χ3n) is 5.42. The summed E-state index contributed by atoms with van der Waals surface area (Å²) in [6, 6.07) is 7.95. The fourth-order valence-electron chi connectivity index (χ4n) is 3.52. The molecule has 5 nitrogen and oxygen atoms in total. The molecule has 1 saturated carbocycles. The lowest BCUT2D eigenvalue weighted by Gasteiger charge is -2.31. The summed E-state index contributed by atoms with van der Waals surface area (Å²) < 4.78 is 0. The fourth-order valence-corrected chi connectivity index (χ4v) is 4.49. The van der Waals surface area contributed by atoms with Crippen LogP contribution in [0.3, 0.4) is 0 Å². The average molecular weight is 376 g/mol. The summed E-state index contributed by atoms with van der Waals surface area (Å²) in [6.45, 7) is 2.64. The van der Waals surface area contributed by atoms with Crippen molar-refractivity contribution in [1.29, 1.82) is 0 Å². The van der Waals surface area contributed by atoms with Crippen molar-refractivity contribution in [2.45, 2.75) is 43.0 Å². The second-order valence-electron chi connectivity index (χ2n) is 7.32. The van der Waals surface area contributed by atoms with Crippen LogP contribution in [0.5, 0.6) is 0 Å². The number of nitrogens with zero attached hydrogens (tertiary/aromatic N) is 1. The van der Waals surface area contributed by atoms with E-state index in [4.69, 9.17) is 0 Å². The number of nitrogens with one attached hydrogen (secondary N) is 2. The normalized spacial score (nSPS) is 18.2. The van der Waals surface area contributed by atoms with Crippen molar-refractivity contribution >= 4 is 23.6 Å². The van der Waals surface area contributed by atoms with Crippen LogP contribution in [0.1, 0.15) is 42.5 Å². The van der Waals surface area contributed by atoms with E-state index in [9.17, 15) is 9.59 Å². The second kappa shape index (κ2) is 9.42. The first-order valence-electron chi connectivity index (χ1n) is 9.61. The molecule has 0 aromatic heterocycles. The molecule has 0 unspecified atom stereocenters. The van der Waals surface area contributed by atoms with Gasteiger partial charge in [0.25, 0.3) is 5.91 Å². The number of hydrogen-bond donors (Lipinski definition) is 2. The van der Waals surface area contributed by atoms with Gasteiger partial charge >= 0.3 is 0 Å². The molecule has 6 heteroatoms. The van der Waals surface area contributed by atoms with E-state index in [0.717, 1.165) is 30.8 Å². The minimum absolute atomic E-state index is 0.0481. The lowest BCUT2D eigenvalue weighted by molar-refractivity contribution is -0.129. The van der Waals surface area contributed by atoms with Crippen molar-refractivity contribution in [3.05, 3.63) is 29.8 Å². The molecule has 2 aliphatic rings. The summed E-state index contributed by atoms with van der Waals surface area (Å²) in [5, 5.41) is 6.22. The van der Waals surface area contributed by atoms with Crippen LogP contribution < -0.4 is 10.6 Å². The lowest BCUT2D eigenvalue weighted by Crippen LogP contribution is -2.48. The first kappa shape index (κ1) is 19.2. The highest BCUT2D eigenvalue weighted by molar-refractivity contribution is 8.00. The van der Waals surface area contributed by atoms with Gasteiger partial charge in [0.15, 0.2) is 0 Å². The average Bonchev–Trinajstić information content (AvgIpc) is 2.65. The van der Waals surface area contributed by atoms with Crippen molar-refractivity contribution in [2.75, 3.05) is 32.4 Å². The molecule has 3 rings (SSSR count). The summed E-state index contributed by atoms with van der Waals surface area (Å²) >= 11 is 1.47. The number of hydrogen-bond acceptors (Lipinski definition) is 4. The minimum atomic E-state index is -0.0481. The molecular formula is C20H29N3O2S. The van der Waals surface area contributed by atoms with Crippen LogP contribution in [0, 0.1) is 5.92 Å². The van der Waals surface area contributed by atoms with Crippen molar-refractivity contribution in [2.24, 2.45) is 5.92 Å². The number of thioether (sulfide) groups is 1. The van der Waals surface area contributed by atoms with Crippen LogP contribution in [0.2, 0.25) is 0 Å². The quantitative estimate of drug-likeness (QED) is 0.719. The smallest absolute Gasteiger partial charge is 0.252 e. The van der Waals surface area contributed by atoms with E-state index in [1.54, 1.807) is 0 Å². The van der Waals surface area contributed by atoms with Gasteiger partial charge in [-0.15, -0.1) is 11.8 Å². The van der Waals surface area contributed by atoms with Crippen molar-refractivity contribution in [3.63, 3.8) is 0 Å². The van der Waals surface area contributed by atoms with Crippen LogP contribution in [0.25, 0.3) is 0 Å². The van der Waals surface area contributed by atoms with E-state index in [-0.39, 0.29) is 11.8 Å². The summed E-state index contributed by atoms with van der Waals surface area (Å²) in [7, 11) is 1.92. The first-order valence-corrected chi connectivity index (χ1v) is 10.6. The van der Waals surface area contributed by atoms with Gasteiger partial charge in [0.2, 0.25) is 5.91 Å². The Balaban J connectivity index is 1.53. The maximum atomic E-state index is 12.6. The van der Waals surface area contributed by atoms with Gasteiger partial charge in [0.1, 0.15) is 0 Å². The predicted molar refractivity (Wildman–Crippen MR) is 106 cm³/mol. The molecule has 0 spiro atoms. The number of rotatable bonds is 7. The summed E-state index contributed by atoms with van der Waals surface area (Å²) in [6.07, 6.45) is 5.94. The van der Waals surface area contributed by atoms with Crippen molar-refractivity contribution in [1.82, 2.24) is 15.5 Å². The molecule has 0 atom stereocenters. The highest BCUT2D eigenvalue weighted by atomic mass is 32.2. The highest BCUT2D eigenvalue weighted by Crippen LogP contribution is 2.25. The van der Waals surface area contributed by atoms with Gasteiger partial charge in [0, 0.05) is 43.5 Å². The first-order chi connectivity index (χ1) is 12.6. The Morgan fingerprint density at radius 1 is 1.19 bits per heavy atom. The zero-order chi connectivity index (χ0) is 18.4. The molecule has 2 amide bonds. The molecule has 2 N–H and O–H groups in total. The highest BCUT2D eigenvalue weighted by Gasteiger charge is 2.23. The molecule has 1 aromatic carbocycles. The van der Waals surface area contributed by atoms with Crippen molar-refractivity contribution in [3.8, 4) is 0 Å². The van der Waals surface area contributed by atoms with E-state index in [2.05, 4.69) is 10.6 Å². The van der Waals surface area contributed by atoms with E-state index < -0.39 is 0 Å². The van der Waals surface area contributed by atoms with Gasteiger partial charge in [0.05, 0.1) is 11.3 Å². The molecule has 1 saturated heterocycles. The topological polar surface area (TPSA) is 61.4 Å². The number of carbonyl (C=O) groups is 2. The SMILES string of the molecule is CN(C(=O)CSc1ccccc1C(=O)NCC1CNC1)C1CCCCC1. The van der Waals surface area contributed by atoms with E-state index in [1.807, 2.05) is 36.2 Å². The standard InChI is InChI=1S/C20H29N3O2S/c1-23(16-7-3-2-4-8-16)19(24)14-26-18-10-6-5-9-17(18)20(25)22-13-15-11-21-12-15/h5-6,9-10,15-16,21H,2-4,7-8,11-14H2,1H3,(H,22,25). The van der Waals surface area contributed by atoms with Gasteiger partial charge in [-0.2, -0.15) is 0 Å². The third-order valence-corrected chi connectivity index (χ3v) is 6.47. The Hall–Kier alpha value is -1.53. The van der Waals surface area contributed by atoms with Crippen LogP contribution in [-0.2, 0) is 4.79 Å². The Bertz CT molecular complexity index is 627. The number of benzene rings is 1. The van der Waals surface area contributed by atoms with Gasteiger partial charge in [-0.1, -0.05) is 31.4 Å². The van der Waals surface area contributed by atoms with Crippen LogP contribution in [0.4, 0.5) is 0 Å². The maximum absolute atomic E-state index is 12.6. The molecule has 2 fully saturated rings. The van der Waals surface area contributed by atoms with Crippen molar-refractivity contribution < 1.29 is 9.59 Å². The molecule has 1 aliphatic carbocycles. The Kier molecular flexibility index (Phi) is 6.97. The number of amides is 2. The van der Waals surface area contributed by atoms with Crippen LogP contribution in [0.15, 0.2) is 29.2 Å². The van der Waals surface area contributed by atoms with Gasteiger partial charge < -0.3 is 15.5 Å². The summed E-state index contributed by atoms with van der Waals surface area (Å²) in [4.78, 5) is 27.8. The molecule has 0 radical (unpaired) electrons. The van der Waals surface area contributed by atoms with Crippen LogP contribution >= 0.6 is 11.8 Å². The van der Waals surface area contributed by atoms with Gasteiger partial charge in [-0.3, -0.25) is 9.59 Å². The third kappa shape index (κ3) is 5.01. The Labute approximate surface area is 160 Å². The molecule has 26 heavy (non-hydrogen) atoms. The molecule has 142 valence electrons.